The van der Waals surface area contributed by atoms with Crippen molar-refractivity contribution in [2.75, 3.05) is 0 Å². The van der Waals surface area contributed by atoms with Gasteiger partial charge >= 0.3 is 5.97 Å². The molecule has 0 amide bonds. The molecule has 1 N–H and O–H groups in total. The normalized spacial score (nSPS) is 11.1. The first kappa shape index (κ1) is 14.0. The summed E-state index contributed by atoms with van der Waals surface area (Å²) in [6, 6.07) is 4.09. The summed E-state index contributed by atoms with van der Waals surface area (Å²) in [5.74, 6) is -0.889. The van der Waals surface area contributed by atoms with Crippen LogP contribution in [0.1, 0.15) is 48.8 Å². The number of carboxylic acid groups (broad SMARTS) is 1. The van der Waals surface area contributed by atoms with E-state index in [0.29, 0.717) is 0 Å². The Morgan fingerprint density at radius 2 is 2.06 bits per heavy atom. The number of hydrogen-bond donors (Lipinski definition) is 1. The molecule has 0 radical (unpaired) electrons. The highest BCUT2D eigenvalue weighted by molar-refractivity contribution is 7.12. The molecule has 0 aliphatic carbocycles. The van der Waals surface area contributed by atoms with Crippen molar-refractivity contribution in [1.82, 2.24) is 0 Å². The van der Waals surface area contributed by atoms with Gasteiger partial charge in [0.25, 0.3) is 0 Å². The molecule has 0 fully saturated rings. The summed E-state index contributed by atoms with van der Waals surface area (Å²) >= 11 is 1.69. The molecule has 17 heavy (non-hydrogen) atoms. The second-order valence-corrected chi connectivity index (χ2v) is 5.34. The van der Waals surface area contributed by atoms with Gasteiger partial charge in [-0.3, -0.25) is 0 Å². The van der Waals surface area contributed by atoms with Crippen LogP contribution < -0.4 is 0 Å². The Balaban J connectivity index is 2.28. The molecule has 0 aromatic carbocycles. The van der Waals surface area contributed by atoms with E-state index in [4.69, 9.17) is 5.11 Å². The van der Waals surface area contributed by atoms with E-state index < -0.39 is 5.97 Å². The zero-order valence-corrected chi connectivity index (χ0v) is 11.1. The van der Waals surface area contributed by atoms with Crippen LogP contribution in [-0.2, 0) is 11.2 Å². The highest BCUT2D eigenvalue weighted by atomic mass is 32.1. The molecular weight excluding hydrogens is 232 g/mol. The molecule has 0 bridgehead atoms. The molecule has 0 spiro atoms. The monoisotopic (exact) mass is 252 g/mol. The maximum atomic E-state index is 10.4. The largest absolute Gasteiger partial charge is 0.478 e. The first-order chi connectivity index (χ1) is 8.22. The van der Waals surface area contributed by atoms with Crippen LogP contribution in [-0.4, -0.2) is 11.1 Å². The van der Waals surface area contributed by atoms with Crippen LogP contribution >= 0.6 is 11.3 Å². The first-order valence-corrected chi connectivity index (χ1v) is 7.03. The SMILES string of the molecule is CCCCCCCc1ccc(C=CC(=O)O)s1. The lowest BCUT2D eigenvalue weighted by Gasteiger charge is -1.97. The number of aliphatic carboxylic acids is 1. The van der Waals surface area contributed by atoms with E-state index in [1.54, 1.807) is 17.4 Å². The fourth-order valence-corrected chi connectivity index (χ4v) is 2.63. The number of rotatable bonds is 8. The molecule has 0 aliphatic rings. The minimum Gasteiger partial charge on any atom is -0.478 e. The fourth-order valence-electron chi connectivity index (χ4n) is 1.67. The number of thiophene rings is 1. The predicted molar refractivity (Wildman–Crippen MR) is 73.5 cm³/mol. The third-order valence-electron chi connectivity index (χ3n) is 2.60. The molecule has 0 atom stereocenters. The topological polar surface area (TPSA) is 37.3 Å². The Morgan fingerprint density at radius 3 is 2.76 bits per heavy atom. The lowest BCUT2D eigenvalue weighted by atomic mass is 10.1. The average molecular weight is 252 g/mol. The Labute approximate surface area is 107 Å². The molecule has 1 aromatic heterocycles. The van der Waals surface area contributed by atoms with E-state index in [2.05, 4.69) is 13.0 Å². The van der Waals surface area contributed by atoms with E-state index in [1.807, 2.05) is 6.07 Å². The highest BCUT2D eigenvalue weighted by Gasteiger charge is 1.98. The van der Waals surface area contributed by atoms with Gasteiger partial charge in [0.1, 0.15) is 0 Å². The van der Waals surface area contributed by atoms with Crippen molar-refractivity contribution in [3.05, 3.63) is 28.0 Å². The second kappa shape index (κ2) is 8.07. The molecule has 2 nitrogen and oxygen atoms in total. The summed E-state index contributed by atoms with van der Waals surface area (Å²) in [6.07, 6.45) is 10.4. The van der Waals surface area contributed by atoms with Crippen molar-refractivity contribution in [2.45, 2.75) is 45.4 Å². The summed E-state index contributed by atoms with van der Waals surface area (Å²) in [7, 11) is 0. The average Bonchev–Trinajstić information content (AvgIpc) is 2.74. The van der Waals surface area contributed by atoms with Gasteiger partial charge < -0.3 is 5.11 Å². The van der Waals surface area contributed by atoms with Gasteiger partial charge in [-0.25, -0.2) is 4.79 Å². The third-order valence-corrected chi connectivity index (χ3v) is 3.71. The van der Waals surface area contributed by atoms with Crippen molar-refractivity contribution in [3.8, 4) is 0 Å². The molecular formula is C14H20O2S. The van der Waals surface area contributed by atoms with Crippen molar-refractivity contribution in [3.63, 3.8) is 0 Å². The van der Waals surface area contributed by atoms with Gasteiger partial charge in [0, 0.05) is 15.8 Å². The van der Waals surface area contributed by atoms with Gasteiger partial charge in [-0.15, -0.1) is 11.3 Å². The van der Waals surface area contributed by atoms with E-state index in [0.717, 1.165) is 11.3 Å². The zero-order valence-electron chi connectivity index (χ0n) is 10.3. The van der Waals surface area contributed by atoms with Gasteiger partial charge in [-0.1, -0.05) is 32.6 Å². The van der Waals surface area contributed by atoms with Crippen molar-refractivity contribution in [2.24, 2.45) is 0 Å². The second-order valence-electron chi connectivity index (χ2n) is 4.14. The lowest BCUT2D eigenvalue weighted by molar-refractivity contribution is -0.131. The molecule has 1 rings (SSSR count). The first-order valence-electron chi connectivity index (χ1n) is 6.22. The smallest absolute Gasteiger partial charge is 0.328 e. The van der Waals surface area contributed by atoms with Crippen molar-refractivity contribution < 1.29 is 9.90 Å². The maximum Gasteiger partial charge on any atom is 0.328 e. The molecule has 94 valence electrons. The molecule has 0 unspecified atom stereocenters. The van der Waals surface area contributed by atoms with Gasteiger partial charge in [-0.05, 0) is 31.1 Å². The number of carbonyl (C=O) groups is 1. The quantitative estimate of drug-likeness (QED) is 0.551. The van der Waals surface area contributed by atoms with E-state index in [-0.39, 0.29) is 0 Å². The van der Waals surface area contributed by atoms with Crippen molar-refractivity contribution in [1.29, 1.82) is 0 Å². The summed E-state index contributed by atoms with van der Waals surface area (Å²) in [4.78, 5) is 12.7. The third kappa shape index (κ3) is 6.27. The summed E-state index contributed by atoms with van der Waals surface area (Å²) in [6.45, 7) is 2.22. The number of unbranched alkanes of at least 4 members (excludes halogenated alkanes) is 4. The predicted octanol–water partition coefficient (Wildman–Crippen LogP) is 4.36. The van der Waals surface area contributed by atoms with Gasteiger partial charge in [-0.2, -0.15) is 0 Å². The number of aryl methyl sites for hydroxylation is 1. The lowest BCUT2D eigenvalue weighted by Crippen LogP contribution is -1.84. The fraction of sp³-hybridized carbons (Fsp3) is 0.500. The van der Waals surface area contributed by atoms with Crippen LogP contribution in [0.5, 0.6) is 0 Å². The molecule has 1 aromatic rings. The summed E-state index contributed by atoms with van der Waals surface area (Å²) in [5, 5.41) is 8.52. The van der Waals surface area contributed by atoms with Gasteiger partial charge in [0.05, 0.1) is 0 Å². The highest BCUT2D eigenvalue weighted by Crippen LogP contribution is 2.20. The molecule has 0 aliphatic heterocycles. The van der Waals surface area contributed by atoms with Gasteiger partial charge in [0.2, 0.25) is 0 Å². The van der Waals surface area contributed by atoms with Crippen molar-refractivity contribution >= 4 is 23.4 Å². The van der Waals surface area contributed by atoms with Gasteiger partial charge in [0.15, 0.2) is 0 Å². The Bertz CT molecular complexity index is 366. The number of hydrogen-bond acceptors (Lipinski definition) is 2. The van der Waals surface area contributed by atoms with Crippen LogP contribution in [0.4, 0.5) is 0 Å². The number of carboxylic acids is 1. The minimum absolute atomic E-state index is 0.889. The van der Waals surface area contributed by atoms with Crippen LogP contribution in [0, 0.1) is 0 Å². The van der Waals surface area contributed by atoms with Crippen LogP contribution in [0.3, 0.4) is 0 Å². The maximum absolute atomic E-state index is 10.4. The van der Waals surface area contributed by atoms with Crippen LogP contribution in [0.15, 0.2) is 18.2 Å². The van der Waals surface area contributed by atoms with E-state index in [9.17, 15) is 4.79 Å². The summed E-state index contributed by atoms with van der Waals surface area (Å²) < 4.78 is 0. The van der Waals surface area contributed by atoms with E-state index in [1.165, 1.54) is 43.1 Å². The standard InChI is InChI=1S/C14H20O2S/c1-2-3-4-5-6-7-12-8-9-13(17-12)10-11-14(15)16/h8-11H,2-7H2,1H3,(H,15,16). The molecule has 0 saturated carbocycles. The molecule has 1 heterocycles. The minimum atomic E-state index is -0.889. The molecule has 0 saturated heterocycles. The zero-order chi connectivity index (χ0) is 12.5. The summed E-state index contributed by atoms with van der Waals surface area (Å²) in [5.41, 5.74) is 0. The van der Waals surface area contributed by atoms with E-state index >= 15 is 0 Å². The molecule has 3 heteroatoms. The Kier molecular flexibility index (Phi) is 6.63. The Morgan fingerprint density at radius 1 is 1.29 bits per heavy atom. The van der Waals surface area contributed by atoms with Crippen LogP contribution in [0.25, 0.3) is 6.08 Å². The Hall–Kier alpha value is -1.09. The van der Waals surface area contributed by atoms with Crippen LogP contribution in [0.2, 0.25) is 0 Å².